The monoisotopic (exact) mass is 239 g/mol. The summed E-state index contributed by atoms with van der Waals surface area (Å²) in [5.74, 6) is 2.18. The van der Waals surface area contributed by atoms with Crippen LogP contribution < -0.4 is 0 Å². The highest BCUT2D eigenvalue weighted by molar-refractivity contribution is 5.06. The lowest BCUT2D eigenvalue weighted by molar-refractivity contribution is 0.0403. The molecule has 1 unspecified atom stereocenters. The van der Waals surface area contributed by atoms with Crippen LogP contribution in [-0.4, -0.2) is 36.8 Å². The Morgan fingerprint density at radius 2 is 2.24 bits per heavy atom. The van der Waals surface area contributed by atoms with E-state index in [1.807, 2.05) is 12.1 Å². The average Bonchev–Trinajstić information content (AvgIpc) is 2.78. The van der Waals surface area contributed by atoms with E-state index in [0.717, 1.165) is 32.1 Å². The van der Waals surface area contributed by atoms with Gasteiger partial charge in [0, 0.05) is 13.2 Å². The standard InChI is InChI=1S/C13H21NO3/c1-14(7-11-3-2-6-16-10-11)8-12-4-5-13(9-15)17-12/h4-5,11,15H,2-3,6-10H2,1H3. The van der Waals surface area contributed by atoms with Crippen LogP contribution in [0.3, 0.4) is 0 Å². The van der Waals surface area contributed by atoms with Crippen molar-refractivity contribution in [3.05, 3.63) is 23.7 Å². The molecule has 2 rings (SSSR count). The van der Waals surface area contributed by atoms with Crippen LogP contribution >= 0.6 is 0 Å². The summed E-state index contributed by atoms with van der Waals surface area (Å²) >= 11 is 0. The Morgan fingerprint density at radius 1 is 1.41 bits per heavy atom. The Balaban J connectivity index is 1.77. The summed E-state index contributed by atoms with van der Waals surface area (Å²) in [7, 11) is 2.09. The Kier molecular flexibility index (Phi) is 4.59. The summed E-state index contributed by atoms with van der Waals surface area (Å²) in [6.45, 7) is 3.59. The van der Waals surface area contributed by atoms with Crippen LogP contribution in [0.4, 0.5) is 0 Å². The molecule has 1 saturated heterocycles. The van der Waals surface area contributed by atoms with E-state index in [2.05, 4.69) is 11.9 Å². The fraction of sp³-hybridized carbons (Fsp3) is 0.692. The largest absolute Gasteiger partial charge is 0.462 e. The van der Waals surface area contributed by atoms with Crippen LogP contribution in [-0.2, 0) is 17.9 Å². The van der Waals surface area contributed by atoms with Gasteiger partial charge in [0.2, 0.25) is 0 Å². The molecule has 0 aliphatic carbocycles. The Hall–Kier alpha value is -0.840. The second-order valence-corrected chi connectivity index (χ2v) is 4.81. The van der Waals surface area contributed by atoms with E-state index in [4.69, 9.17) is 14.3 Å². The molecule has 1 atom stereocenters. The second kappa shape index (κ2) is 6.19. The lowest BCUT2D eigenvalue weighted by Crippen LogP contribution is -2.30. The van der Waals surface area contributed by atoms with Crippen molar-refractivity contribution in [3.63, 3.8) is 0 Å². The topological polar surface area (TPSA) is 45.8 Å². The van der Waals surface area contributed by atoms with Crippen molar-refractivity contribution in [1.29, 1.82) is 0 Å². The molecule has 2 heterocycles. The van der Waals surface area contributed by atoms with Crippen LogP contribution in [0.15, 0.2) is 16.5 Å². The third-order valence-electron chi connectivity index (χ3n) is 3.12. The number of aliphatic hydroxyl groups is 1. The van der Waals surface area contributed by atoms with Gasteiger partial charge in [0.25, 0.3) is 0 Å². The molecule has 0 aromatic carbocycles. The van der Waals surface area contributed by atoms with Gasteiger partial charge in [-0.3, -0.25) is 4.90 Å². The van der Waals surface area contributed by atoms with Gasteiger partial charge in [-0.25, -0.2) is 0 Å². The molecule has 1 aliphatic rings. The number of hydrogen-bond acceptors (Lipinski definition) is 4. The third-order valence-corrected chi connectivity index (χ3v) is 3.12. The van der Waals surface area contributed by atoms with Crippen LogP contribution in [0.25, 0.3) is 0 Å². The van der Waals surface area contributed by atoms with Crippen molar-refractivity contribution in [3.8, 4) is 0 Å². The molecule has 17 heavy (non-hydrogen) atoms. The minimum absolute atomic E-state index is 0.0276. The lowest BCUT2D eigenvalue weighted by atomic mass is 10.0. The minimum atomic E-state index is -0.0276. The van der Waals surface area contributed by atoms with Crippen LogP contribution in [0.5, 0.6) is 0 Å². The normalized spacial score (nSPS) is 21.0. The molecule has 0 radical (unpaired) electrons. The SMILES string of the molecule is CN(Cc1ccc(CO)o1)CC1CCCOC1. The van der Waals surface area contributed by atoms with Gasteiger partial charge < -0.3 is 14.3 Å². The molecule has 0 bridgehead atoms. The molecule has 1 aromatic heterocycles. The van der Waals surface area contributed by atoms with E-state index in [-0.39, 0.29) is 6.61 Å². The van der Waals surface area contributed by atoms with Gasteiger partial charge in [-0.2, -0.15) is 0 Å². The maximum absolute atomic E-state index is 8.92. The second-order valence-electron chi connectivity index (χ2n) is 4.81. The van der Waals surface area contributed by atoms with E-state index < -0.39 is 0 Å². The minimum Gasteiger partial charge on any atom is -0.462 e. The summed E-state index contributed by atoms with van der Waals surface area (Å²) in [5, 5.41) is 8.92. The molecule has 1 N–H and O–H groups in total. The Labute approximate surface area is 102 Å². The zero-order chi connectivity index (χ0) is 12.1. The summed E-state index contributed by atoms with van der Waals surface area (Å²) in [4.78, 5) is 2.25. The van der Waals surface area contributed by atoms with Gasteiger partial charge in [-0.1, -0.05) is 0 Å². The predicted molar refractivity (Wildman–Crippen MR) is 64.5 cm³/mol. The zero-order valence-electron chi connectivity index (χ0n) is 10.4. The molecule has 4 nitrogen and oxygen atoms in total. The quantitative estimate of drug-likeness (QED) is 0.848. The van der Waals surface area contributed by atoms with Crippen molar-refractivity contribution in [2.24, 2.45) is 5.92 Å². The molecule has 1 aliphatic heterocycles. The van der Waals surface area contributed by atoms with Gasteiger partial charge >= 0.3 is 0 Å². The van der Waals surface area contributed by atoms with Crippen LogP contribution in [0.1, 0.15) is 24.4 Å². The van der Waals surface area contributed by atoms with Gasteiger partial charge in [-0.05, 0) is 37.9 Å². The first-order chi connectivity index (χ1) is 8.28. The molecule has 1 aromatic rings. The van der Waals surface area contributed by atoms with Crippen molar-refractivity contribution < 1.29 is 14.3 Å². The first kappa shape index (κ1) is 12.6. The Bertz CT molecular complexity index is 331. The average molecular weight is 239 g/mol. The highest BCUT2D eigenvalue weighted by Crippen LogP contribution is 2.16. The number of hydrogen-bond donors (Lipinski definition) is 1. The first-order valence-electron chi connectivity index (χ1n) is 6.22. The highest BCUT2D eigenvalue weighted by Gasteiger charge is 2.16. The van der Waals surface area contributed by atoms with Crippen molar-refractivity contribution in [2.75, 3.05) is 26.8 Å². The van der Waals surface area contributed by atoms with Gasteiger partial charge in [0.05, 0.1) is 13.2 Å². The fourth-order valence-corrected chi connectivity index (χ4v) is 2.32. The summed E-state index contributed by atoms with van der Waals surface area (Å²) < 4.78 is 10.9. The van der Waals surface area contributed by atoms with E-state index in [1.165, 1.54) is 12.8 Å². The summed E-state index contributed by atoms with van der Waals surface area (Å²) in [5.41, 5.74) is 0. The predicted octanol–water partition coefficient (Wildman–Crippen LogP) is 1.63. The lowest BCUT2D eigenvalue weighted by Gasteiger charge is -2.26. The van der Waals surface area contributed by atoms with Crippen molar-refractivity contribution >= 4 is 0 Å². The summed E-state index contributed by atoms with van der Waals surface area (Å²) in [6.07, 6.45) is 2.43. The molecule has 96 valence electrons. The maximum atomic E-state index is 8.92. The summed E-state index contributed by atoms with van der Waals surface area (Å²) in [6, 6.07) is 3.76. The van der Waals surface area contributed by atoms with Crippen molar-refractivity contribution in [1.82, 2.24) is 4.90 Å². The van der Waals surface area contributed by atoms with E-state index >= 15 is 0 Å². The number of ether oxygens (including phenoxy) is 1. The molecule has 0 spiro atoms. The first-order valence-corrected chi connectivity index (χ1v) is 6.22. The molecular weight excluding hydrogens is 218 g/mol. The fourth-order valence-electron chi connectivity index (χ4n) is 2.32. The van der Waals surface area contributed by atoms with E-state index in [0.29, 0.717) is 11.7 Å². The third kappa shape index (κ3) is 3.84. The van der Waals surface area contributed by atoms with E-state index in [1.54, 1.807) is 0 Å². The zero-order valence-corrected chi connectivity index (χ0v) is 10.4. The molecule has 4 heteroatoms. The molecular formula is C13H21NO3. The highest BCUT2D eigenvalue weighted by atomic mass is 16.5. The smallest absolute Gasteiger partial charge is 0.129 e. The van der Waals surface area contributed by atoms with Gasteiger partial charge in [-0.15, -0.1) is 0 Å². The number of furan rings is 1. The van der Waals surface area contributed by atoms with E-state index in [9.17, 15) is 0 Å². The van der Waals surface area contributed by atoms with Gasteiger partial charge in [0.15, 0.2) is 0 Å². The number of aliphatic hydroxyl groups excluding tert-OH is 1. The molecule has 1 fully saturated rings. The maximum Gasteiger partial charge on any atom is 0.129 e. The molecule has 0 saturated carbocycles. The Morgan fingerprint density at radius 3 is 2.88 bits per heavy atom. The van der Waals surface area contributed by atoms with Gasteiger partial charge in [0.1, 0.15) is 18.1 Å². The number of nitrogens with zero attached hydrogens (tertiary/aromatic N) is 1. The number of rotatable bonds is 5. The van der Waals surface area contributed by atoms with Crippen molar-refractivity contribution in [2.45, 2.75) is 26.0 Å². The van der Waals surface area contributed by atoms with Crippen LogP contribution in [0, 0.1) is 5.92 Å². The van der Waals surface area contributed by atoms with Crippen LogP contribution in [0.2, 0.25) is 0 Å². The molecule has 0 amide bonds.